The van der Waals surface area contributed by atoms with Gasteiger partial charge in [-0.25, -0.2) is 14.5 Å². The van der Waals surface area contributed by atoms with Crippen molar-refractivity contribution in [3.05, 3.63) is 84.2 Å². The summed E-state index contributed by atoms with van der Waals surface area (Å²) in [6.07, 6.45) is -0.641. The van der Waals surface area contributed by atoms with Gasteiger partial charge in [0.2, 0.25) is 5.91 Å². The van der Waals surface area contributed by atoms with Crippen molar-refractivity contribution in [1.82, 2.24) is 20.1 Å². The van der Waals surface area contributed by atoms with Gasteiger partial charge in [0.05, 0.1) is 24.2 Å². The number of halogens is 3. The lowest BCUT2D eigenvalue weighted by Crippen LogP contribution is -2.37. The van der Waals surface area contributed by atoms with Gasteiger partial charge < -0.3 is 14.8 Å². The molecule has 0 radical (unpaired) electrons. The Morgan fingerprint density at radius 1 is 1.04 bits per heavy atom. The summed E-state index contributed by atoms with van der Waals surface area (Å²) in [5.41, 5.74) is 3.97. The molecule has 6 rings (SSSR count). The number of nitrogens with zero attached hydrogens (tertiary/aromatic N) is 5. The molecule has 10 nitrogen and oxygen atoms in total. The summed E-state index contributed by atoms with van der Waals surface area (Å²) >= 11 is 1.24. The fraction of sp³-hybridized carbons (Fsp3) is 0.324. The Kier molecular flexibility index (Phi) is 9.45. The third-order valence-electron chi connectivity index (χ3n) is 8.31. The van der Waals surface area contributed by atoms with Crippen LogP contribution in [0.1, 0.15) is 56.1 Å². The Morgan fingerprint density at radius 3 is 2.46 bits per heavy atom. The van der Waals surface area contributed by atoms with E-state index < -0.39 is 12.4 Å². The van der Waals surface area contributed by atoms with Gasteiger partial charge in [0, 0.05) is 17.5 Å². The second kappa shape index (κ2) is 13.7. The van der Waals surface area contributed by atoms with Crippen molar-refractivity contribution in [2.24, 2.45) is 4.99 Å². The number of rotatable bonds is 8. The molecule has 3 aromatic carbocycles. The van der Waals surface area contributed by atoms with Gasteiger partial charge in [-0.2, -0.15) is 4.99 Å². The van der Waals surface area contributed by atoms with E-state index in [1.165, 1.54) is 51.9 Å². The van der Waals surface area contributed by atoms with Gasteiger partial charge in [-0.3, -0.25) is 9.69 Å². The van der Waals surface area contributed by atoms with Crippen LogP contribution in [0.25, 0.3) is 17.1 Å². The van der Waals surface area contributed by atoms with Crippen LogP contribution in [0.5, 0.6) is 11.5 Å². The number of thioether (sulfide) groups is 1. The number of anilines is 1. The number of alkyl halides is 3. The average molecular weight is 679 g/mol. The summed E-state index contributed by atoms with van der Waals surface area (Å²) in [6.45, 7) is 4.07. The van der Waals surface area contributed by atoms with Gasteiger partial charge in [-0.05, 0) is 72.4 Å². The first-order valence-corrected chi connectivity index (χ1v) is 16.4. The minimum absolute atomic E-state index is 0.0780. The fourth-order valence-electron chi connectivity index (χ4n) is 6.02. The van der Waals surface area contributed by atoms with Gasteiger partial charge in [0.15, 0.2) is 11.0 Å². The topological polar surface area (TPSA) is 111 Å². The van der Waals surface area contributed by atoms with Crippen LogP contribution >= 0.6 is 11.8 Å². The molecule has 2 fully saturated rings. The zero-order chi connectivity index (χ0) is 34.0. The maximum absolute atomic E-state index is 13.2. The number of hydrogen-bond donors (Lipinski definition) is 1. The Morgan fingerprint density at radius 2 is 1.77 bits per heavy atom. The molecule has 1 saturated heterocycles. The van der Waals surface area contributed by atoms with Crippen molar-refractivity contribution in [2.45, 2.75) is 57.3 Å². The van der Waals surface area contributed by atoms with Crippen molar-refractivity contribution < 1.29 is 32.2 Å². The lowest BCUT2D eigenvalue weighted by atomic mass is 9.93. The summed E-state index contributed by atoms with van der Waals surface area (Å²) in [5.74, 6) is 1.08. The maximum atomic E-state index is 13.2. The maximum Gasteiger partial charge on any atom is 0.573 e. The number of hydrogen-bond acceptors (Lipinski definition) is 7. The monoisotopic (exact) mass is 678 g/mol. The molecule has 14 heteroatoms. The number of methoxy groups -OCH3 is 1. The van der Waals surface area contributed by atoms with Crippen molar-refractivity contribution in [3.8, 4) is 28.6 Å². The molecule has 1 aromatic heterocycles. The SMILES string of the molecule is COc1ccc(N2C(=O)CSC2=NC(=O)NC2CCCC2c2ccc(-c3ncn(-c4ccc(OC(F)(F)F)cc4)n3)cc2)c(C(C)C)c1. The number of carbonyl (C=O) groups is 2. The highest BCUT2D eigenvalue weighted by Crippen LogP contribution is 2.37. The zero-order valence-corrected chi connectivity index (χ0v) is 27.2. The predicted molar refractivity (Wildman–Crippen MR) is 177 cm³/mol. The largest absolute Gasteiger partial charge is 0.573 e. The second-order valence-corrected chi connectivity index (χ2v) is 12.7. The van der Waals surface area contributed by atoms with Gasteiger partial charge >= 0.3 is 12.4 Å². The number of benzene rings is 3. The van der Waals surface area contributed by atoms with Crippen molar-refractivity contribution in [1.29, 1.82) is 0 Å². The number of amides is 3. The van der Waals surface area contributed by atoms with Crippen LogP contribution in [0.4, 0.5) is 23.7 Å². The smallest absolute Gasteiger partial charge is 0.497 e. The van der Waals surface area contributed by atoms with Gasteiger partial charge in [-0.1, -0.05) is 56.3 Å². The quantitative estimate of drug-likeness (QED) is 0.206. The van der Waals surface area contributed by atoms with E-state index in [-0.39, 0.29) is 35.3 Å². The Labute approximate surface area is 279 Å². The van der Waals surface area contributed by atoms with E-state index >= 15 is 0 Å². The van der Waals surface area contributed by atoms with Crippen LogP contribution in [0.2, 0.25) is 0 Å². The van der Waals surface area contributed by atoms with E-state index in [9.17, 15) is 22.8 Å². The van der Waals surface area contributed by atoms with Gasteiger partial charge in [0.25, 0.3) is 0 Å². The van der Waals surface area contributed by atoms with E-state index in [1.807, 2.05) is 50.2 Å². The molecule has 0 spiro atoms. The normalized spacial score (nSPS) is 18.9. The Bertz CT molecular complexity index is 1830. The first-order chi connectivity index (χ1) is 23.0. The molecule has 1 aliphatic heterocycles. The molecule has 0 bridgehead atoms. The Balaban J connectivity index is 1.13. The summed E-state index contributed by atoms with van der Waals surface area (Å²) in [5, 5.41) is 7.91. The van der Waals surface area contributed by atoms with Crippen LogP contribution in [-0.4, -0.2) is 57.1 Å². The second-order valence-electron chi connectivity index (χ2n) is 11.8. The number of aromatic nitrogens is 3. The summed E-state index contributed by atoms with van der Waals surface area (Å²) in [6, 6.07) is 18.1. The lowest BCUT2D eigenvalue weighted by molar-refractivity contribution is -0.274. The van der Waals surface area contributed by atoms with Crippen molar-refractivity contribution in [3.63, 3.8) is 0 Å². The van der Waals surface area contributed by atoms with Crippen LogP contribution in [-0.2, 0) is 4.79 Å². The van der Waals surface area contributed by atoms with E-state index in [0.29, 0.717) is 28.1 Å². The van der Waals surface area contributed by atoms with E-state index in [4.69, 9.17) is 4.74 Å². The first-order valence-electron chi connectivity index (χ1n) is 15.4. The molecule has 2 heterocycles. The minimum atomic E-state index is -4.76. The van der Waals surface area contributed by atoms with E-state index in [2.05, 4.69) is 25.1 Å². The minimum Gasteiger partial charge on any atom is -0.497 e. The highest BCUT2D eigenvalue weighted by molar-refractivity contribution is 8.15. The van der Waals surface area contributed by atoms with Crippen molar-refractivity contribution >= 4 is 34.6 Å². The average Bonchev–Trinajstić information content (AvgIpc) is 3.81. The van der Waals surface area contributed by atoms with Crippen LogP contribution < -0.4 is 19.7 Å². The number of ether oxygens (including phenoxy) is 2. The van der Waals surface area contributed by atoms with Crippen LogP contribution in [0, 0.1) is 0 Å². The third kappa shape index (κ3) is 7.33. The van der Waals surface area contributed by atoms with Crippen LogP contribution in [0.15, 0.2) is 78.0 Å². The molecule has 250 valence electrons. The Hall–Kier alpha value is -4.85. The first kappa shape index (κ1) is 33.1. The van der Waals surface area contributed by atoms with Crippen molar-refractivity contribution in [2.75, 3.05) is 17.8 Å². The number of amidine groups is 1. The molecule has 1 saturated carbocycles. The molecular formula is C34H33F3N6O4S. The summed E-state index contributed by atoms with van der Waals surface area (Å²) in [7, 11) is 1.60. The lowest BCUT2D eigenvalue weighted by Gasteiger charge is -2.23. The zero-order valence-electron chi connectivity index (χ0n) is 26.4. The molecular weight excluding hydrogens is 645 g/mol. The molecule has 3 amide bonds. The fourth-order valence-corrected chi connectivity index (χ4v) is 6.87. The molecule has 1 N–H and O–H groups in total. The van der Waals surface area contributed by atoms with Gasteiger partial charge in [0.1, 0.15) is 17.8 Å². The van der Waals surface area contributed by atoms with Crippen LogP contribution in [0.3, 0.4) is 0 Å². The van der Waals surface area contributed by atoms with E-state index in [1.54, 1.807) is 13.2 Å². The molecule has 4 aromatic rings. The van der Waals surface area contributed by atoms with Gasteiger partial charge in [-0.15, -0.1) is 18.3 Å². The standard InChI is InChI=1S/C34H33F3N6O4S/c1-20(2)27-17-25(46-3)15-16-29(27)43-30(44)18-48-33(43)40-32(45)39-28-6-4-5-26(28)21-7-9-22(10-8-21)31-38-19-42(41-31)23-11-13-24(14-12-23)47-34(35,36)37/h7-17,19-20,26,28H,4-6,18H2,1-3H3,(H,39,45). The summed E-state index contributed by atoms with van der Waals surface area (Å²) in [4.78, 5) is 36.4. The number of urea groups is 1. The predicted octanol–water partition coefficient (Wildman–Crippen LogP) is 7.45. The number of nitrogens with one attached hydrogen (secondary N) is 1. The summed E-state index contributed by atoms with van der Waals surface area (Å²) < 4.78 is 48.2. The highest BCUT2D eigenvalue weighted by atomic mass is 32.2. The highest BCUT2D eigenvalue weighted by Gasteiger charge is 2.34. The molecule has 48 heavy (non-hydrogen) atoms. The third-order valence-corrected chi connectivity index (χ3v) is 9.23. The molecule has 2 atom stereocenters. The molecule has 1 aliphatic carbocycles. The molecule has 2 aliphatic rings. The number of carbonyl (C=O) groups excluding carboxylic acids is 2. The number of aliphatic imine (C=N–C) groups is 1. The van der Waals surface area contributed by atoms with E-state index in [0.717, 1.165) is 36.0 Å². The molecule has 2 unspecified atom stereocenters.